The molecule has 0 saturated heterocycles. The summed E-state index contributed by atoms with van der Waals surface area (Å²) in [4.78, 5) is 4.19. The van der Waals surface area contributed by atoms with Crippen LogP contribution in [0.4, 0.5) is 4.39 Å². The summed E-state index contributed by atoms with van der Waals surface area (Å²) in [7, 11) is 0. The number of aromatic nitrogens is 3. The molecule has 0 aliphatic carbocycles. The van der Waals surface area contributed by atoms with E-state index >= 15 is 0 Å². The van der Waals surface area contributed by atoms with Crippen molar-refractivity contribution < 1.29 is 4.39 Å². The van der Waals surface area contributed by atoms with E-state index in [1.54, 1.807) is 12.1 Å². The summed E-state index contributed by atoms with van der Waals surface area (Å²) in [5.41, 5.74) is 0.630. The number of hydrogen-bond donors (Lipinski definition) is 1. The second-order valence-electron chi connectivity index (χ2n) is 4.55. The monoisotopic (exact) mass is 326 g/mol. The van der Waals surface area contributed by atoms with Gasteiger partial charge in [0.15, 0.2) is 0 Å². The van der Waals surface area contributed by atoms with Gasteiger partial charge in [-0.15, -0.1) is 0 Å². The molecule has 0 aliphatic rings. The van der Waals surface area contributed by atoms with E-state index in [1.165, 1.54) is 12.4 Å². The highest BCUT2D eigenvalue weighted by atomic mass is 79.9. The number of nitrogens with zero attached hydrogens (tertiary/aromatic N) is 3. The van der Waals surface area contributed by atoms with Crippen LogP contribution < -0.4 is 5.32 Å². The van der Waals surface area contributed by atoms with Crippen LogP contribution in [0.5, 0.6) is 0 Å². The van der Waals surface area contributed by atoms with Crippen molar-refractivity contribution in [3.63, 3.8) is 0 Å². The van der Waals surface area contributed by atoms with Gasteiger partial charge in [0.25, 0.3) is 0 Å². The molecule has 1 heterocycles. The van der Waals surface area contributed by atoms with Crippen LogP contribution in [-0.4, -0.2) is 14.8 Å². The van der Waals surface area contributed by atoms with Gasteiger partial charge in [0, 0.05) is 22.6 Å². The van der Waals surface area contributed by atoms with E-state index in [0.717, 1.165) is 10.3 Å². The van der Waals surface area contributed by atoms with Crippen molar-refractivity contribution >= 4 is 15.9 Å². The Morgan fingerprint density at radius 3 is 2.89 bits per heavy atom. The van der Waals surface area contributed by atoms with E-state index in [9.17, 15) is 4.39 Å². The largest absolute Gasteiger partial charge is 0.306 e. The highest BCUT2D eigenvalue weighted by Crippen LogP contribution is 2.15. The molecule has 0 bridgehead atoms. The zero-order valence-corrected chi connectivity index (χ0v) is 12.5. The number of benzene rings is 1. The van der Waals surface area contributed by atoms with E-state index in [1.807, 2.05) is 18.5 Å². The standard InChI is InChI=1S/C13H16BrFN4/c1-9(2)19-13(17-8-18-19)7-16-6-10-5-11(14)3-4-12(10)15/h3-5,8-9,16H,6-7H2,1-2H3. The highest BCUT2D eigenvalue weighted by molar-refractivity contribution is 9.10. The molecule has 102 valence electrons. The van der Waals surface area contributed by atoms with Gasteiger partial charge < -0.3 is 5.32 Å². The normalized spacial score (nSPS) is 11.2. The molecular weight excluding hydrogens is 311 g/mol. The third-order valence-corrected chi connectivity index (χ3v) is 3.24. The van der Waals surface area contributed by atoms with Crippen molar-refractivity contribution in [1.82, 2.24) is 20.1 Å². The van der Waals surface area contributed by atoms with Gasteiger partial charge in [-0.2, -0.15) is 5.10 Å². The van der Waals surface area contributed by atoms with Gasteiger partial charge in [0.2, 0.25) is 0 Å². The zero-order chi connectivity index (χ0) is 13.8. The summed E-state index contributed by atoms with van der Waals surface area (Å²) in [6.07, 6.45) is 1.54. The van der Waals surface area contributed by atoms with Gasteiger partial charge in [-0.3, -0.25) is 0 Å². The molecule has 2 rings (SSSR count). The lowest BCUT2D eigenvalue weighted by Gasteiger charge is -2.10. The molecular formula is C13H16BrFN4. The first-order valence-corrected chi connectivity index (χ1v) is 6.90. The molecule has 6 heteroatoms. The first kappa shape index (κ1) is 14.1. The van der Waals surface area contributed by atoms with Gasteiger partial charge in [0.1, 0.15) is 18.0 Å². The first-order chi connectivity index (χ1) is 9.08. The molecule has 0 aliphatic heterocycles. The third-order valence-electron chi connectivity index (χ3n) is 2.74. The number of halogens is 2. The van der Waals surface area contributed by atoms with Crippen LogP contribution in [0.15, 0.2) is 29.0 Å². The fourth-order valence-corrected chi connectivity index (χ4v) is 2.23. The maximum atomic E-state index is 13.5. The summed E-state index contributed by atoms with van der Waals surface area (Å²) < 4.78 is 16.3. The first-order valence-electron chi connectivity index (χ1n) is 6.11. The SMILES string of the molecule is CC(C)n1ncnc1CNCc1cc(Br)ccc1F. The lowest BCUT2D eigenvalue weighted by atomic mass is 10.2. The summed E-state index contributed by atoms with van der Waals surface area (Å²) in [6.45, 7) is 5.11. The topological polar surface area (TPSA) is 42.7 Å². The Balaban J connectivity index is 1.96. The van der Waals surface area contributed by atoms with Crippen molar-refractivity contribution in [2.75, 3.05) is 0 Å². The molecule has 2 aromatic rings. The summed E-state index contributed by atoms with van der Waals surface area (Å²) in [5, 5.41) is 7.34. The molecule has 1 N–H and O–H groups in total. The molecule has 0 radical (unpaired) electrons. The minimum atomic E-state index is -0.207. The maximum absolute atomic E-state index is 13.5. The lowest BCUT2D eigenvalue weighted by molar-refractivity contribution is 0.487. The Bertz CT molecular complexity index is 553. The average molecular weight is 327 g/mol. The summed E-state index contributed by atoms with van der Waals surface area (Å²) >= 11 is 3.34. The van der Waals surface area contributed by atoms with Crippen LogP contribution in [-0.2, 0) is 13.1 Å². The number of hydrogen-bond acceptors (Lipinski definition) is 3. The van der Waals surface area contributed by atoms with Crippen LogP contribution in [0.2, 0.25) is 0 Å². The van der Waals surface area contributed by atoms with Crippen molar-refractivity contribution in [3.05, 3.63) is 46.2 Å². The third kappa shape index (κ3) is 3.61. The minimum Gasteiger partial charge on any atom is -0.306 e. The lowest BCUT2D eigenvalue weighted by Crippen LogP contribution is -2.18. The van der Waals surface area contributed by atoms with Crippen LogP contribution in [0.3, 0.4) is 0 Å². The smallest absolute Gasteiger partial charge is 0.141 e. The fraction of sp³-hybridized carbons (Fsp3) is 0.385. The van der Waals surface area contributed by atoms with Crippen LogP contribution in [0.25, 0.3) is 0 Å². The van der Waals surface area contributed by atoms with E-state index in [4.69, 9.17) is 0 Å². The van der Waals surface area contributed by atoms with Crippen molar-refractivity contribution in [2.24, 2.45) is 0 Å². The van der Waals surface area contributed by atoms with Crippen LogP contribution in [0.1, 0.15) is 31.3 Å². The highest BCUT2D eigenvalue weighted by Gasteiger charge is 2.08. The molecule has 0 amide bonds. The van der Waals surface area contributed by atoms with E-state index in [0.29, 0.717) is 18.7 Å². The van der Waals surface area contributed by atoms with Crippen molar-refractivity contribution in [2.45, 2.75) is 33.0 Å². The summed E-state index contributed by atoms with van der Waals surface area (Å²) in [6, 6.07) is 5.18. The molecule has 0 atom stereocenters. The molecule has 19 heavy (non-hydrogen) atoms. The van der Waals surface area contributed by atoms with E-state index in [2.05, 4.69) is 31.3 Å². The molecule has 1 aromatic carbocycles. The zero-order valence-electron chi connectivity index (χ0n) is 10.9. The van der Waals surface area contributed by atoms with Gasteiger partial charge in [0.05, 0.1) is 6.54 Å². The molecule has 4 nitrogen and oxygen atoms in total. The molecule has 0 spiro atoms. The Labute approximate surface area is 120 Å². The van der Waals surface area contributed by atoms with Crippen molar-refractivity contribution in [3.8, 4) is 0 Å². The molecule has 0 unspecified atom stereocenters. The van der Waals surface area contributed by atoms with Crippen LogP contribution >= 0.6 is 15.9 Å². The summed E-state index contributed by atoms with van der Waals surface area (Å²) in [5.74, 6) is 0.645. The second kappa shape index (κ2) is 6.25. The Kier molecular flexibility index (Phi) is 4.66. The Morgan fingerprint density at radius 1 is 1.37 bits per heavy atom. The average Bonchev–Trinajstić information content (AvgIpc) is 2.82. The molecule has 0 fully saturated rings. The van der Waals surface area contributed by atoms with Gasteiger partial charge in [-0.05, 0) is 32.0 Å². The van der Waals surface area contributed by atoms with Gasteiger partial charge in [-0.1, -0.05) is 15.9 Å². The van der Waals surface area contributed by atoms with Crippen molar-refractivity contribution in [1.29, 1.82) is 0 Å². The van der Waals surface area contributed by atoms with Crippen LogP contribution in [0, 0.1) is 5.82 Å². The predicted molar refractivity (Wildman–Crippen MR) is 75.1 cm³/mol. The second-order valence-corrected chi connectivity index (χ2v) is 5.47. The minimum absolute atomic E-state index is 0.207. The quantitative estimate of drug-likeness (QED) is 0.918. The van der Waals surface area contributed by atoms with Gasteiger partial charge >= 0.3 is 0 Å². The van der Waals surface area contributed by atoms with Gasteiger partial charge in [-0.25, -0.2) is 14.1 Å². The number of rotatable bonds is 5. The predicted octanol–water partition coefficient (Wildman–Crippen LogP) is 3.05. The molecule has 1 aromatic heterocycles. The van der Waals surface area contributed by atoms with E-state index in [-0.39, 0.29) is 11.9 Å². The Morgan fingerprint density at radius 2 is 2.16 bits per heavy atom. The number of nitrogens with one attached hydrogen (secondary N) is 1. The fourth-order valence-electron chi connectivity index (χ4n) is 1.82. The maximum Gasteiger partial charge on any atom is 0.141 e. The Hall–Kier alpha value is -1.27. The molecule has 0 saturated carbocycles. The van der Waals surface area contributed by atoms with E-state index < -0.39 is 0 Å².